The maximum atomic E-state index is 10.6. The van der Waals surface area contributed by atoms with Crippen molar-refractivity contribution < 1.29 is 5.11 Å². The van der Waals surface area contributed by atoms with Crippen LogP contribution in [0.4, 0.5) is 0 Å². The van der Waals surface area contributed by atoms with E-state index in [2.05, 4.69) is 90.1 Å². The summed E-state index contributed by atoms with van der Waals surface area (Å²) in [6, 6.07) is 25.4. The lowest BCUT2D eigenvalue weighted by atomic mass is 9.87. The molecule has 0 saturated carbocycles. The van der Waals surface area contributed by atoms with Crippen molar-refractivity contribution in [2.45, 2.75) is 67.1 Å². The van der Waals surface area contributed by atoms with E-state index < -0.39 is 0 Å². The standard InChI is InChI=1S/C26H30OS/c1-25(2,3)19-11-15-21(16-12-19)28(24-10-8-7-9-23(24)27)22-17-13-20(14-18-22)26(4,5)6/h7-18H,1-6H3/p+1. The Labute approximate surface area is 172 Å². The SMILES string of the molecule is CC(C)(C)c1ccc([S+](c2ccc(C(C)(C)C)cc2)c2ccccc2O)cc1. The highest BCUT2D eigenvalue weighted by Crippen LogP contribution is 2.37. The van der Waals surface area contributed by atoms with E-state index in [-0.39, 0.29) is 21.7 Å². The van der Waals surface area contributed by atoms with Crippen LogP contribution < -0.4 is 0 Å². The number of aromatic hydroxyl groups is 1. The lowest BCUT2D eigenvalue weighted by Gasteiger charge is -2.20. The van der Waals surface area contributed by atoms with Crippen molar-refractivity contribution in [2.75, 3.05) is 0 Å². The van der Waals surface area contributed by atoms with Gasteiger partial charge >= 0.3 is 0 Å². The van der Waals surface area contributed by atoms with Gasteiger partial charge in [0.1, 0.15) is 10.9 Å². The van der Waals surface area contributed by atoms with E-state index in [1.165, 1.54) is 20.9 Å². The first-order chi connectivity index (χ1) is 13.1. The third kappa shape index (κ3) is 4.44. The topological polar surface area (TPSA) is 20.2 Å². The van der Waals surface area contributed by atoms with Gasteiger partial charge in [0.25, 0.3) is 0 Å². The van der Waals surface area contributed by atoms with Crippen molar-refractivity contribution in [3.8, 4) is 5.75 Å². The van der Waals surface area contributed by atoms with Crippen LogP contribution >= 0.6 is 0 Å². The van der Waals surface area contributed by atoms with Gasteiger partial charge in [-0.3, -0.25) is 0 Å². The van der Waals surface area contributed by atoms with Crippen molar-refractivity contribution in [3.63, 3.8) is 0 Å². The van der Waals surface area contributed by atoms with Crippen molar-refractivity contribution in [2.24, 2.45) is 0 Å². The highest BCUT2D eigenvalue weighted by Gasteiger charge is 2.32. The number of rotatable bonds is 3. The molecule has 0 bridgehead atoms. The van der Waals surface area contributed by atoms with Gasteiger partial charge in [0, 0.05) is 0 Å². The third-order valence-electron chi connectivity index (χ3n) is 5.00. The molecule has 0 radical (unpaired) electrons. The van der Waals surface area contributed by atoms with E-state index in [4.69, 9.17) is 0 Å². The van der Waals surface area contributed by atoms with Crippen molar-refractivity contribution in [1.82, 2.24) is 0 Å². The van der Waals surface area contributed by atoms with E-state index in [1.54, 1.807) is 6.07 Å². The number of phenolic OH excluding ortho intramolecular Hbond substituents is 1. The lowest BCUT2D eigenvalue weighted by Crippen LogP contribution is -2.13. The molecule has 0 spiro atoms. The van der Waals surface area contributed by atoms with Crippen LogP contribution in [-0.4, -0.2) is 5.11 Å². The van der Waals surface area contributed by atoms with E-state index in [1.807, 2.05) is 18.2 Å². The predicted molar refractivity (Wildman–Crippen MR) is 121 cm³/mol. The lowest BCUT2D eigenvalue weighted by molar-refractivity contribution is 0.462. The largest absolute Gasteiger partial charge is 0.503 e. The Morgan fingerprint density at radius 1 is 0.571 bits per heavy atom. The zero-order valence-electron chi connectivity index (χ0n) is 17.8. The Morgan fingerprint density at radius 2 is 0.964 bits per heavy atom. The highest BCUT2D eigenvalue weighted by molar-refractivity contribution is 7.97. The van der Waals surface area contributed by atoms with Crippen LogP contribution in [0.25, 0.3) is 0 Å². The zero-order chi connectivity index (χ0) is 20.5. The van der Waals surface area contributed by atoms with Gasteiger partial charge in [0.2, 0.25) is 4.90 Å². The van der Waals surface area contributed by atoms with Gasteiger partial charge in [0.15, 0.2) is 15.5 Å². The smallest absolute Gasteiger partial charge is 0.208 e. The first kappa shape index (κ1) is 20.5. The molecule has 1 nitrogen and oxygen atoms in total. The summed E-state index contributed by atoms with van der Waals surface area (Å²) in [6.45, 7) is 13.4. The fraction of sp³-hybridized carbons (Fsp3) is 0.308. The van der Waals surface area contributed by atoms with Crippen molar-refractivity contribution in [1.29, 1.82) is 0 Å². The summed E-state index contributed by atoms with van der Waals surface area (Å²) in [5.74, 6) is 0.352. The maximum absolute atomic E-state index is 10.6. The molecule has 0 amide bonds. The molecule has 0 fully saturated rings. The molecule has 2 heteroatoms. The number of benzene rings is 3. The highest BCUT2D eigenvalue weighted by atomic mass is 32.2. The molecule has 3 aromatic rings. The first-order valence-corrected chi connectivity index (χ1v) is 11.0. The second-order valence-electron chi connectivity index (χ2n) is 9.32. The van der Waals surface area contributed by atoms with Crippen LogP contribution in [0.2, 0.25) is 0 Å². The summed E-state index contributed by atoms with van der Waals surface area (Å²) in [5.41, 5.74) is 2.89. The summed E-state index contributed by atoms with van der Waals surface area (Å²) >= 11 is 0. The normalized spacial score (nSPS) is 12.4. The van der Waals surface area contributed by atoms with Crippen molar-refractivity contribution in [3.05, 3.63) is 83.9 Å². The number of phenols is 1. The zero-order valence-corrected chi connectivity index (χ0v) is 18.6. The average molecular weight is 392 g/mol. The fourth-order valence-corrected chi connectivity index (χ4v) is 5.29. The van der Waals surface area contributed by atoms with Crippen LogP contribution in [0.5, 0.6) is 5.75 Å². The van der Waals surface area contributed by atoms with Gasteiger partial charge in [0.05, 0.1) is 0 Å². The maximum Gasteiger partial charge on any atom is 0.208 e. The monoisotopic (exact) mass is 391 g/mol. The Bertz CT molecular complexity index is 868. The van der Waals surface area contributed by atoms with Gasteiger partial charge < -0.3 is 5.11 Å². The summed E-state index contributed by atoms with van der Waals surface area (Å²) < 4.78 is 0. The second-order valence-corrected chi connectivity index (χ2v) is 11.3. The van der Waals surface area contributed by atoms with Gasteiger partial charge in [-0.1, -0.05) is 77.9 Å². The van der Waals surface area contributed by atoms with Crippen LogP contribution in [0.3, 0.4) is 0 Å². The summed E-state index contributed by atoms with van der Waals surface area (Å²) in [5, 5.41) is 10.6. The molecule has 0 aliphatic carbocycles. The summed E-state index contributed by atoms with van der Waals surface area (Å²) in [4.78, 5) is 3.41. The summed E-state index contributed by atoms with van der Waals surface area (Å²) in [7, 11) is -0.346. The molecule has 28 heavy (non-hydrogen) atoms. The van der Waals surface area contributed by atoms with E-state index in [0.29, 0.717) is 5.75 Å². The molecule has 3 aromatic carbocycles. The Hall–Kier alpha value is -2.19. The Kier molecular flexibility index (Phi) is 5.63. The van der Waals surface area contributed by atoms with Gasteiger partial charge in [-0.05, 0) is 58.4 Å². The van der Waals surface area contributed by atoms with Gasteiger partial charge in [-0.15, -0.1) is 0 Å². The molecule has 0 saturated heterocycles. The van der Waals surface area contributed by atoms with E-state index >= 15 is 0 Å². The van der Waals surface area contributed by atoms with Crippen LogP contribution in [0.15, 0.2) is 87.5 Å². The molecule has 3 rings (SSSR count). The van der Waals surface area contributed by atoms with Gasteiger partial charge in [-0.2, -0.15) is 0 Å². The molecule has 146 valence electrons. The Balaban J connectivity index is 2.10. The Morgan fingerprint density at radius 3 is 1.32 bits per heavy atom. The van der Waals surface area contributed by atoms with Crippen LogP contribution in [0.1, 0.15) is 52.7 Å². The quantitative estimate of drug-likeness (QED) is 0.473. The van der Waals surface area contributed by atoms with Crippen molar-refractivity contribution >= 4 is 10.9 Å². The molecule has 0 heterocycles. The summed E-state index contributed by atoms with van der Waals surface area (Å²) in [6.07, 6.45) is 0. The number of hydrogen-bond acceptors (Lipinski definition) is 1. The molecule has 0 aliphatic rings. The first-order valence-electron chi connectivity index (χ1n) is 9.81. The molecule has 0 unspecified atom stereocenters. The number of para-hydroxylation sites is 1. The van der Waals surface area contributed by atoms with Gasteiger partial charge in [-0.25, -0.2) is 0 Å². The van der Waals surface area contributed by atoms with Crippen LogP contribution in [0, 0.1) is 0 Å². The molecule has 0 aliphatic heterocycles. The number of hydrogen-bond donors (Lipinski definition) is 1. The average Bonchev–Trinajstić information content (AvgIpc) is 2.63. The second kappa shape index (κ2) is 7.67. The fourth-order valence-electron chi connectivity index (χ4n) is 3.20. The molecule has 1 N–H and O–H groups in total. The molecular weight excluding hydrogens is 360 g/mol. The third-order valence-corrected chi connectivity index (χ3v) is 7.27. The van der Waals surface area contributed by atoms with E-state index in [0.717, 1.165) is 4.90 Å². The minimum atomic E-state index is -0.346. The predicted octanol–water partition coefficient (Wildman–Crippen LogP) is 7.08. The van der Waals surface area contributed by atoms with Crippen LogP contribution in [-0.2, 0) is 21.7 Å². The molecule has 0 atom stereocenters. The minimum absolute atomic E-state index is 0.125. The minimum Gasteiger partial charge on any atom is -0.503 e. The van der Waals surface area contributed by atoms with E-state index in [9.17, 15) is 5.11 Å². The molecular formula is C26H31OS+. The molecule has 0 aromatic heterocycles.